The molecule has 0 bridgehead atoms. The van der Waals surface area contributed by atoms with Crippen molar-refractivity contribution >= 4 is 0 Å². The normalized spacial score (nSPS) is 20.0. The Balaban J connectivity index is 1.72. The summed E-state index contributed by atoms with van der Waals surface area (Å²) in [5, 5.41) is 8.29. The van der Waals surface area contributed by atoms with Gasteiger partial charge in [0.2, 0.25) is 0 Å². The maximum absolute atomic E-state index is 4.70. The molecule has 1 aromatic rings. The van der Waals surface area contributed by atoms with Crippen LogP contribution in [0.3, 0.4) is 0 Å². The number of nitrogens with zero attached hydrogens (tertiary/aromatic N) is 3. The molecule has 1 aliphatic rings. The van der Waals surface area contributed by atoms with Crippen LogP contribution in [-0.4, -0.2) is 40.4 Å². The highest BCUT2D eigenvalue weighted by Crippen LogP contribution is 2.18. The molecule has 1 fully saturated rings. The van der Waals surface area contributed by atoms with Crippen molar-refractivity contribution in [3.63, 3.8) is 0 Å². The first-order chi connectivity index (χ1) is 10.1. The molecule has 0 saturated carbocycles. The number of hydrogen-bond donors (Lipinski definition) is 1. The molecule has 0 aliphatic carbocycles. The maximum atomic E-state index is 4.70. The van der Waals surface area contributed by atoms with Crippen LogP contribution in [0.2, 0.25) is 0 Å². The monoisotopic (exact) mass is 292 g/mol. The standard InChI is InChI=1S/C17H32N4/c1-5-17(6-2)21-10-8-16(19-21)12-18-11-15-7-9-20(13-15)14(3)4/h8,10,14-15,17-18H,5-7,9,11-13H2,1-4H3. The molecule has 120 valence electrons. The zero-order chi connectivity index (χ0) is 15.2. The lowest BCUT2D eigenvalue weighted by Gasteiger charge is -2.20. The predicted octanol–water partition coefficient (Wildman–Crippen LogP) is 3.06. The minimum absolute atomic E-state index is 0.549. The van der Waals surface area contributed by atoms with Gasteiger partial charge in [0.1, 0.15) is 0 Å². The smallest absolute Gasteiger partial charge is 0.0762 e. The molecule has 1 N–H and O–H groups in total. The van der Waals surface area contributed by atoms with E-state index in [1.807, 2.05) is 0 Å². The SMILES string of the molecule is CCC(CC)n1ccc(CNCC2CCN(C(C)C)C2)n1. The molecule has 1 aliphatic heterocycles. The van der Waals surface area contributed by atoms with E-state index in [0.29, 0.717) is 12.1 Å². The minimum atomic E-state index is 0.549. The second kappa shape index (κ2) is 7.95. The average Bonchev–Trinajstić information content (AvgIpc) is 3.10. The number of nitrogens with one attached hydrogen (secondary N) is 1. The average molecular weight is 292 g/mol. The Morgan fingerprint density at radius 1 is 1.33 bits per heavy atom. The van der Waals surface area contributed by atoms with E-state index in [9.17, 15) is 0 Å². The first kappa shape index (κ1) is 16.5. The Morgan fingerprint density at radius 3 is 2.71 bits per heavy atom. The summed E-state index contributed by atoms with van der Waals surface area (Å²) in [6.45, 7) is 13.6. The molecule has 4 heteroatoms. The second-order valence-electron chi connectivity index (χ2n) is 6.63. The molecule has 2 heterocycles. The summed E-state index contributed by atoms with van der Waals surface area (Å²) in [6.07, 6.45) is 5.76. The molecular weight excluding hydrogens is 260 g/mol. The van der Waals surface area contributed by atoms with E-state index in [1.54, 1.807) is 0 Å². The molecule has 0 aromatic carbocycles. The van der Waals surface area contributed by atoms with Gasteiger partial charge in [-0.05, 0) is 58.2 Å². The Labute approximate surface area is 129 Å². The van der Waals surface area contributed by atoms with Crippen LogP contribution in [0.1, 0.15) is 58.7 Å². The number of likely N-dealkylation sites (tertiary alicyclic amines) is 1. The predicted molar refractivity (Wildman–Crippen MR) is 88.4 cm³/mol. The van der Waals surface area contributed by atoms with Crippen LogP contribution in [0.25, 0.3) is 0 Å². The lowest BCUT2D eigenvalue weighted by Crippen LogP contribution is -2.30. The number of aromatic nitrogens is 2. The van der Waals surface area contributed by atoms with Crippen LogP contribution in [0, 0.1) is 5.92 Å². The Kier molecular flexibility index (Phi) is 6.24. The van der Waals surface area contributed by atoms with E-state index >= 15 is 0 Å². The van der Waals surface area contributed by atoms with Gasteiger partial charge in [0, 0.05) is 25.3 Å². The van der Waals surface area contributed by atoms with Gasteiger partial charge >= 0.3 is 0 Å². The van der Waals surface area contributed by atoms with E-state index in [-0.39, 0.29) is 0 Å². The van der Waals surface area contributed by atoms with Crippen molar-refractivity contribution in [2.24, 2.45) is 5.92 Å². The zero-order valence-electron chi connectivity index (χ0n) is 14.2. The lowest BCUT2D eigenvalue weighted by atomic mass is 10.1. The zero-order valence-corrected chi connectivity index (χ0v) is 14.2. The molecule has 21 heavy (non-hydrogen) atoms. The van der Waals surface area contributed by atoms with Crippen LogP contribution in [-0.2, 0) is 6.54 Å². The molecule has 2 rings (SSSR count). The largest absolute Gasteiger partial charge is 0.311 e. The molecular formula is C17H32N4. The van der Waals surface area contributed by atoms with Gasteiger partial charge in [-0.15, -0.1) is 0 Å². The third-order valence-electron chi connectivity index (χ3n) is 4.77. The van der Waals surface area contributed by atoms with Gasteiger partial charge in [-0.3, -0.25) is 4.68 Å². The third kappa shape index (κ3) is 4.55. The van der Waals surface area contributed by atoms with Crippen LogP contribution in [0.5, 0.6) is 0 Å². The lowest BCUT2D eigenvalue weighted by molar-refractivity contribution is 0.264. The Morgan fingerprint density at radius 2 is 2.10 bits per heavy atom. The van der Waals surface area contributed by atoms with E-state index in [1.165, 1.54) is 25.2 Å². The van der Waals surface area contributed by atoms with Gasteiger partial charge < -0.3 is 10.2 Å². The highest BCUT2D eigenvalue weighted by Gasteiger charge is 2.23. The second-order valence-corrected chi connectivity index (χ2v) is 6.63. The molecule has 1 unspecified atom stereocenters. The molecule has 0 spiro atoms. The maximum Gasteiger partial charge on any atom is 0.0762 e. The van der Waals surface area contributed by atoms with Crippen LogP contribution < -0.4 is 5.32 Å². The minimum Gasteiger partial charge on any atom is -0.311 e. The van der Waals surface area contributed by atoms with Crippen molar-refractivity contribution in [2.45, 2.75) is 65.6 Å². The Bertz CT molecular complexity index is 409. The first-order valence-electron chi connectivity index (χ1n) is 8.62. The van der Waals surface area contributed by atoms with Crippen molar-refractivity contribution in [1.82, 2.24) is 20.0 Å². The van der Waals surface area contributed by atoms with E-state index < -0.39 is 0 Å². The summed E-state index contributed by atoms with van der Waals surface area (Å²) < 4.78 is 2.13. The highest BCUT2D eigenvalue weighted by atomic mass is 15.3. The van der Waals surface area contributed by atoms with E-state index in [0.717, 1.165) is 31.8 Å². The summed E-state index contributed by atoms with van der Waals surface area (Å²) in [7, 11) is 0. The van der Waals surface area contributed by atoms with Crippen molar-refractivity contribution in [3.8, 4) is 0 Å². The molecule has 1 aromatic heterocycles. The van der Waals surface area contributed by atoms with Crippen LogP contribution >= 0.6 is 0 Å². The van der Waals surface area contributed by atoms with Gasteiger partial charge in [-0.1, -0.05) is 13.8 Å². The van der Waals surface area contributed by atoms with Crippen molar-refractivity contribution < 1.29 is 0 Å². The number of rotatable bonds is 8. The number of hydrogen-bond acceptors (Lipinski definition) is 3. The van der Waals surface area contributed by atoms with Gasteiger partial charge in [-0.2, -0.15) is 5.10 Å². The summed E-state index contributed by atoms with van der Waals surface area (Å²) in [6, 6.07) is 3.39. The van der Waals surface area contributed by atoms with Crippen molar-refractivity contribution in [2.75, 3.05) is 19.6 Å². The quantitative estimate of drug-likeness (QED) is 0.799. The Hall–Kier alpha value is -0.870. The fourth-order valence-corrected chi connectivity index (χ4v) is 3.24. The summed E-state index contributed by atoms with van der Waals surface area (Å²) in [5.41, 5.74) is 1.17. The van der Waals surface area contributed by atoms with Gasteiger partial charge in [-0.25, -0.2) is 0 Å². The topological polar surface area (TPSA) is 33.1 Å². The molecule has 0 radical (unpaired) electrons. The molecule has 1 saturated heterocycles. The third-order valence-corrected chi connectivity index (χ3v) is 4.77. The highest BCUT2D eigenvalue weighted by molar-refractivity contribution is 4.99. The fourth-order valence-electron chi connectivity index (χ4n) is 3.24. The van der Waals surface area contributed by atoms with Gasteiger partial charge in [0.25, 0.3) is 0 Å². The first-order valence-corrected chi connectivity index (χ1v) is 8.62. The summed E-state index contributed by atoms with van der Waals surface area (Å²) >= 11 is 0. The van der Waals surface area contributed by atoms with Gasteiger partial charge in [0.15, 0.2) is 0 Å². The van der Waals surface area contributed by atoms with Crippen molar-refractivity contribution in [1.29, 1.82) is 0 Å². The van der Waals surface area contributed by atoms with Crippen LogP contribution in [0.4, 0.5) is 0 Å². The summed E-state index contributed by atoms with van der Waals surface area (Å²) in [5.74, 6) is 0.800. The molecule has 0 amide bonds. The van der Waals surface area contributed by atoms with Crippen molar-refractivity contribution in [3.05, 3.63) is 18.0 Å². The molecule has 4 nitrogen and oxygen atoms in total. The molecule has 1 atom stereocenters. The van der Waals surface area contributed by atoms with Crippen LogP contribution in [0.15, 0.2) is 12.3 Å². The van der Waals surface area contributed by atoms with E-state index in [4.69, 9.17) is 5.10 Å². The van der Waals surface area contributed by atoms with Gasteiger partial charge in [0.05, 0.1) is 11.7 Å². The summed E-state index contributed by atoms with van der Waals surface area (Å²) in [4.78, 5) is 2.58. The fraction of sp³-hybridized carbons (Fsp3) is 0.824. The van der Waals surface area contributed by atoms with E-state index in [2.05, 4.69) is 54.9 Å².